The van der Waals surface area contributed by atoms with Gasteiger partial charge in [-0.15, -0.1) is 0 Å². The minimum atomic E-state index is -0.0333. The van der Waals surface area contributed by atoms with Crippen LogP contribution in [0, 0.1) is 0 Å². The van der Waals surface area contributed by atoms with Crippen LogP contribution in [-0.2, 0) is 46.4 Å². The summed E-state index contributed by atoms with van der Waals surface area (Å²) in [7, 11) is 0. The fourth-order valence-corrected chi connectivity index (χ4v) is 4.47. The second kappa shape index (κ2) is 26.1. The van der Waals surface area contributed by atoms with Crippen LogP contribution in [0.15, 0.2) is 69.8 Å². The van der Waals surface area contributed by atoms with E-state index in [9.17, 15) is 0 Å². The number of benzene rings is 2. The molecule has 2 aliphatic rings. The number of halogens is 2. The zero-order valence-electron chi connectivity index (χ0n) is 24.4. The van der Waals surface area contributed by atoms with E-state index in [1.54, 1.807) is 6.26 Å². The quantitative estimate of drug-likeness (QED) is 0.190. The Morgan fingerprint density at radius 3 is 1.76 bits per heavy atom. The third-order valence-corrected chi connectivity index (χ3v) is 7.45. The number of aliphatic hydroxyl groups excluding tert-OH is 1. The van der Waals surface area contributed by atoms with E-state index in [1.165, 1.54) is 19.3 Å². The SMILES string of the molecule is Brc1ccccc1COCCOCCOC1CCCCO1.C1=COCCC1.OCCOCCOCc1ccccc1Br. The Bertz CT molecular complexity index is 932. The standard InChI is InChI=1S/C16H23BrO4.C11H15BrO3.C5H8O/c17-15-6-2-1-5-14(15)13-19-10-9-18-11-12-21-16-7-3-4-8-20-16;12-11-4-2-1-3-10(11)9-15-8-7-14-6-5-13;1-2-4-6-5-3-1/h1-2,5-6,16H,3-4,7-13H2;1-4,13H,5-9H2;2,4H,1,3,5H2. The van der Waals surface area contributed by atoms with Crippen molar-refractivity contribution in [2.45, 2.75) is 51.6 Å². The minimum absolute atomic E-state index is 0.0333. The number of rotatable bonds is 16. The Morgan fingerprint density at radius 2 is 1.29 bits per heavy atom. The van der Waals surface area contributed by atoms with E-state index >= 15 is 0 Å². The lowest BCUT2D eigenvalue weighted by Crippen LogP contribution is -2.24. The molecule has 1 N–H and O–H groups in total. The average molecular weight is 719 g/mol. The third-order valence-electron chi connectivity index (χ3n) is 5.91. The van der Waals surface area contributed by atoms with Crippen molar-refractivity contribution in [3.05, 3.63) is 80.9 Å². The number of hydrogen-bond donors (Lipinski definition) is 1. The van der Waals surface area contributed by atoms with Crippen LogP contribution in [0.5, 0.6) is 0 Å². The second-order valence-corrected chi connectivity index (χ2v) is 11.0. The van der Waals surface area contributed by atoms with Crippen molar-refractivity contribution >= 4 is 31.9 Å². The van der Waals surface area contributed by atoms with Crippen LogP contribution in [0.4, 0.5) is 0 Å². The second-order valence-electron chi connectivity index (χ2n) is 9.29. The van der Waals surface area contributed by atoms with Gasteiger partial charge in [-0.25, -0.2) is 0 Å². The molecule has 1 unspecified atom stereocenters. The molecule has 2 aliphatic heterocycles. The van der Waals surface area contributed by atoms with Gasteiger partial charge in [0.05, 0.1) is 78.9 Å². The topological polar surface area (TPSA) is 84.8 Å². The number of aliphatic hydroxyl groups is 1. The van der Waals surface area contributed by atoms with Gasteiger partial charge in [-0.3, -0.25) is 0 Å². The molecule has 2 aromatic carbocycles. The molecule has 2 heterocycles. The van der Waals surface area contributed by atoms with Crippen LogP contribution in [0.25, 0.3) is 0 Å². The number of ether oxygens (including phenoxy) is 7. The summed E-state index contributed by atoms with van der Waals surface area (Å²) in [4.78, 5) is 0. The van der Waals surface area contributed by atoms with Crippen LogP contribution in [0.3, 0.4) is 0 Å². The van der Waals surface area contributed by atoms with Crippen LogP contribution in [-0.4, -0.2) is 77.5 Å². The molecule has 8 nitrogen and oxygen atoms in total. The van der Waals surface area contributed by atoms with Gasteiger partial charge in [-0.2, -0.15) is 0 Å². The predicted octanol–water partition coefficient (Wildman–Crippen LogP) is 6.81. The summed E-state index contributed by atoms with van der Waals surface area (Å²) in [6, 6.07) is 16.0. The van der Waals surface area contributed by atoms with Gasteiger partial charge in [-0.1, -0.05) is 68.3 Å². The summed E-state index contributed by atoms with van der Waals surface area (Å²) < 4.78 is 39.6. The molecular weight excluding hydrogens is 672 g/mol. The van der Waals surface area contributed by atoms with Crippen molar-refractivity contribution in [1.29, 1.82) is 0 Å². The van der Waals surface area contributed by atoms with Gasteiger partial charge in [0.2, 0.25) is 0 Å². The van der Waals surface area contributed by atoms with Gasteiger partial charge < -0.3 is 38.3 Å². The van der Waals surface area contributed by atoms with E-state index in [4.69, 9.17) is 38.3 Å². The lowest BCUT2D eigenvalue weighted by Gasteiger charge is -2.22. The Hall–Kier alpha value is -1.34. The van der Waals surface area contributed by atoms with E-state index in [1.807, 2.05) is 54.6 Å². The van der Waals surface area contributed by atoms with E-state index < -0.39 is 0 Å². The van der Waals surface area contributed by atoms with Crippen molar-refractivity contribution in [2.24, 2.45) is 0 Å². The Labute approximate surface area is 267 Å². The van der Waals surface area contributed by atoms with Crippen LogP contribution in [0.2, 0.25) is 0 Å². The zero-order valence-corrected chi connectivity index (χ0v) is 27.6. The maximum Gasteiger partial charge on any atom is 0.157 e. The Balaban J connectivity index is 0.000000254. The molecular formula is C32H46Br2O8. The highest BCUT2D eigenvalue weighted by Crippen LogP contribution is 2.17. The molecule has 4 rings (SSSR count). The first-order valence-corrected chi connectivity index (χ1v) is 16.2. The summed E-state index contributed by atoms with van der Waals surface area (Å²) in [6.45, 7) is 6.72. The van der Waals surface area contributed by atoms with E-state index in [0.717, 1.165) is 46.1 Å². The molecule has 0 bridgehead atoms. The molecule has 0 aromatic heterocycles. The van der Waals surface area contributed by atoms with Gasteiger partial charge in [0.1, 0.15) is 0 Å². The lowest BCUT2D eigenvalue weighted by molar-refractivity contribution is -0.169. The molecule has 1 fully saturated rings. The highest BCUT2D eigenvalue weighted by molar-refractivity contribution is 9.10. The summed E-state index contributed by atoms with van der Waals surface area (Å²) in [5, 5.41) is 8.47. The van der Waals surface area contributed by atoms with Gasteiger partial charge >= 0.3 is 0 Å². The molecule has 236 valence electrons. The highest BCUT2D eigenvalue weighted by atomic mass is 79.9. The zero-order chi connectivity index (χ0) is 29.9. The van der Waals surface area contributed by atoms with Crippen molar-refractivity contribution in [3.63, 3.8) is 0 Å². The van der Waals surface area contributed by atoms with Crippen LogP contribution < -0.4 is 0 Å². The van der Waals surface area contributed by atoms with Gasteiger partial charge in [-0.05, 0) is 61.4 Å². The fourth-order valence-electron chi connectivity index (χ4n) is 3.67. The molecule has 1 saturated heterocycles. The molecule has 1 atom stereocenters. The molecule has 2 aromatic rings. The molecule has 0 radical (unpaired) electrons. The van der Waals surface area contributed by atoms with Crippen molar-refractivity contribution in [2.75, 3.05) is 66.1 Å². The third kappa shape index (κ3) is 19.0. The monoisotopic (exact) mass is 716 g/mol. The number of allylic oxidation sites excluding steroid dienone is 1. The fraction of sp³-hybridized carbons (Fsp3) is 0.562. The van der Waals surface area contributed by atoms with Gasteiger partial charge in [0.25, 0.3) is 0 Å². The first-order chi connectivity index (χ1) is 20.7. The Kier molecular flexibility index (Phi) is 22.9. The average Bonchev–Trinajstić information content (AvgIpc) is 3.04. The molecule has 42 heavy (non-hydrogen) atoms. The summed E-state index contributed by atoms with van der Waals surface area (Å²) in [5.41, 5.74) is 2.27. The predicted molar refractivity (Wildman–Crippen MR) is 170 cm³/mol. The maximum atomic E-state index is 8.47. The van der Waals surface area contributed by atoms with Gasteiger partial charge in [0.15, 0.2) is 6.29 Å². The maximum absolute atomic E-state index is 8.47. The molecule has 0 saturated carbocycles. The molecule has 10 heteroatoms. The molecule has 0 spiro atoms. The normalized spacial score (nSPS) is 16.0. The van der Waals surface area contributed by atoms with E-state index in [0.29, 0.717) is 59.5 Å². The smallest absolute Gasteiger partial charge is 0.157 e. The number of hydrogen-bond acceptors (Lipinski definition) is 8. The van der Waals surface area contributed by atoms with E-state index in [2.05, 4.69) is 31.9 Å². The van der Waals surface area contributed by atoms with E-state index in [-0.39, 0.29) is 12.9 Å². The first kappa shape index (κ1) is 36.8. The largest absolute Gasteiger partial charge is 0.502 e. The van der Waals surface area contributed by atoms with Crippen LogP contribution >= 0.6 is 31.9 Å². The van der Waals surface area contributed by atoms with Crippen molar-refractivity contribution < 1.29 is 38.3 Å². The van der Waals surface area contributed by atoms with Crippen LogP contribution in [0.1, 0.15) is 43.2 Å². The summed E-state index contributed by atoms with van der Waals surface area (Å²) in [5.74, 6) is 0. The van der Waals surface area contributed by atoms with Crippen molar-refractivity contribution in [3.8, 4) is 0 Å². The molecule has 0 amide bonds. The minimum Gasteiger partial charge on any atom is -0.502 e. The van der Waals surface area contributed by atoms with Gasteiger partial charge in [0, 0.05) is 15.6 Å². The summed E-state index contributed by atoms with van der Waals surface area (Å²) in [6.07, 6.45) is 9.49. The first-order valence-electron chi connectivity index (χ1n) is 14.6. The summed E-state index contributed by atoms with van der Waals surface area (Å²) >= 11 is 6.94. The lowest BCUT2D eigenvalue weighted by atomic mass is 10.2. The van der Waals surface area contributed by atoms with Crippen molar-refractivity contribution in [1.82, 2.24) is 0 Å². The highest BCUT2D eigenvalue weighted by Gasteiger charge is 2.13. The molecule has 0 aliphatic carbocycles. The Morgan fingerprint density at radius 1 is 0.690 bits per heavy atom.